The molecule has 1 saturated carbocycles. The van der Waals surface area contributed by atoms with Crippen LogP contribution in [0.4, 0.5) is 8.78 Å². The molecule has 23 heavy (non-hydrogen) atoms. The van der Waals surface area contributed by atoms with E-state index in [9.17, 15) is 13.6 Å². The van der Waals surface area contributed by atoms with Crippen molar-refractivity contribution in [2.24, 2.45) is 5.92 Å². The molecule has 1 spiro atoms. The molecule has 0 bridgehead atoms. The number of rotatable bonds is 2. The van der Waals surface area contributed by atoms with Gasteiger partial charge in [-0.2, -0.15) is 0 Å². The molecule has 6 heteroatoms. The van der Waals surface area contributed by atoms with Crippen LogP contribution in [0, 0.1) is 17.6 Å². The summed E-state index contributed by atoms with van der Waals surface area (Å²) in [6, 6.07) is 3.89. The Morgan fingerprint density at radius 3 is 2.74 bits per heavy atom. The minimum Gasteiger partial charge on any atom is -0.346 e. The van der Waals surface area contributed by atoms with Gasteiger partial charge >= 0.3 is 0 Å². The van der Waals surface area contributed by atoms with Gasteiger partial charge in [-0.25, -0.2) is 8.78 Å². The first-order chi connectivity index (χ1) is 11.1. The van der Waals surface area contributed by atoms with Gasteiger partial charge < -0.3 is 14.4 Å². The Labute approximate surface area is 133 Å². The molecule has 1 aromatic rings. The number of likely N-dealkylation sites (tertiary alicyclic amines) is 1. The van der Waals surface area contributed by atoms with E-state index in [1.165, 1.54) is 6.07 Å². The molecular weight excluding hydrogens is 304 g/mol. The summed E-state index contributed by atoms with van der Waals surface area (Å²) in [5.41, 5.74) is 0.697. The van der Waals surface area contributed by atoms with E-state index in [2.05, 4.69) is 0 Å². The normalized spacial score (nSPS) is 29.0. The second-order valence-electron chi connectivity index (χ2n) is 6.59. The van der Waals surface area contributed by atoms with Crippen LogP contribution in [0.1, 0.15) is 30.7 Å². The number of carbonyl (C=O) groups excluding carboxylic acids is 1. The first-order valence-electron chi connectivity index (χ1n) is 8.10. The van der Waals surface area contributed by atoms with Crippen molar-refractivity contribution in [2.45, 2.75) is 31.0 Å². The Kier molecular flexibility index (Phi) is 3.61. The highest BCUT2D eigenvalue weighted by Gasteiger charge is 2.49. The number of benzene rings is 1. The largest absolute Gasteiger partial charge is 0.346 e. The minimum absolute atomic E-state index is 0.0131. The Morgan fingerprint density at radius 2 is 2.00 bits per heavy atom. The van der Waals surface area contributed by atoms with Crippen LogP contribution in [-0.2, 0) is 14.3 Å². The third-order valence-electron chi connectivity index (χ3n) is 5.02. The minimum atomic E-state index is -0.856. The predicted octanol–water partition coefficient (Wildman–Crippen LogP) is 2.43. The fourth-order valence-electron chi connectivity index (χ4n) is 3.72. The SMILES string of the molecule is O=C([C@@H]1C[C@H]1c1ccc(F)c(F)c1)N1CCCC2(C1)OCCO2. The summed E-state index contributed by atoms with van der Waals surface area (Å²) in [6.45, 7) is 2.31. The molecule has 4 rings (SSSR count). The van der Waals surface area contributed by atoms with E-state index in [1.807, 2.05) is 0 Å². The van der Waals surface area contributed by atoms with Gasteiger partial charge in [0, 0.05) is 18.9 Å². The topological polar surface area (TPSA) is 38.8 Å². The van der Waals surface area contributed by atoms with E-state index in [0.717, 1.165) is 18.9 Å². The number of halogens is 2. The van der Waals surface area contributed by atoms with E-state index in [0.29, 0.717) is 38.3 Å². The standard InChI is InChI=1S/C17H19F2NO3/c18-14-3-2-11(8-15(14)19)12-9-13(12)16(21)20-5-1-4-17(10-20)22-6-7-23-17/h2-3,8,12-13H,1,4-7,9-10H2/t12-,13+/m0/s1. The molecule has 1 amide bonds. The number of hydrogen-bond donors (Lipinski definition) is 0. The van der Waals surface area contributed by atoms with E-state index in [1.54, 1.807) is 11.0 Å². The highest BCUT2D eigenvalue weighted by Crippen LogP contribution is 2.49. The number of nitrogens with zero attached hydrogens (tertiary/aromatic N) is 1. The van der Waals surface area contributed by atoms with Crippen molar-refractivity contribution in [3.8, 4) is 0 Å². The van der Waals surface area contributed by atoms with Gasteiger partial charge in [-0.05, 0) is 36.5 Å². The third kappa shape index (κ3) is 2.74. The van der Waals surface area contributed by atoms with E-state index >= 15 is 0 Å². The number of carbonyl (C=O) groups is 1. The smallest absolute Gasteiger partial charge is 0.226 e. The van der Waals surface area contributed by atoms with Crippen molar-refractivity contribution in [3.05, 3.63) is 35.4 Å². The summed E-state index contributed by atoms with van der Waals surface area (Å²) in [4.78, 5) is 14.5. The Balaban J connectivity index is 1.43. The van der Waals surface area contributed by atoms with Crippen LogP contribution in [0.15, 0.2) is 18.2 Å². The molecule has 124 valence electrons. The molecule has 2 saturated heterocycles. The van der Waals surface area contributed by atoms with E-state index in [-0.39, 0.29) is 17.7 Å². The number of piperidine rings is 1. The average molecular weight is 323 g/mol. The van der Waals surface area contributed by atoms with Crippen LogP contribution < -0.4 is 0 Å². The zero-order chi connectivity index (χ0) is 16.0. The third-order valence-corrected chi connectivity index (χ3v) is 5.02. The van der Waals surface area contributed by atoms with Gasteiger partial charge in [-0.3, -0.25) is 4.79 Å². The molecule has 0 unspecified atom stereocenters. The molecule has 0 radical (unpaired) electrons. The summed E-state index contributed by atoms with van der Waals surface area (Å²) in [5.74, 6) is -2.42. The van der Waals surface area contributed by atoms with Gasteiger partial charge in [-0.1, -0.05) is 6.07 Å². The Hall–Kier alpha value is -1.53. The van der Waals surface area contributed by atoms with E-state index in [4.69, 9.17) is 9.47 Å². The molecule has 2 aliphatic heterocycles. The maximum Gasteiger partial charge on any atom is 0.226 e. The quantitative estimate of drug-likeness (QED) is 0.839. The van der Waals surface area contributed by atoms with E-state index < -0.39 is 17.4 Å². The van der Waals surface area contributed by atoms with Crippen LogP contribution >= 0.6 is 0 Å². The lowest BCUT2D eigenvalue weighted by molar-refractivity contribution is -0.193. The first-order valence-corrected chi connectivity index (χ1v) is 8.10. The van der Waals surface area contributed by atoms with Crippen LogP contribution in [0.25, 0.3) is 0 Å². The molecule has 0 aromatic heterocycles. The summed E-state index contributed by atoms with van der Waals surface area (Å²) in [7, 11) is 0. The lowest BCUT2D eigenvalue weighted by Gasteiger charge is -2.38. The number of amides is 1. The molecule has 0 N–H and O–H groups in total. The average Bonchev–Trinajstić information content (AvgIpc) is 3.24. The maximum absolute atomic E-state index is 13.3. The second-order valence-corrected chi connectivity index (χ2v) is 6.59. The summed E-state index contributed by atoms with van der Waals surface area (Å²) in [6.07, 6.45) is 2.36. The lowest BCUT2D eigenvalue weighted by atomic mass is 10.0. The first kappa shape index (κ1) is 15.0. The molecule has 3 fully saturated rings. The van der Waals surface area contributed by atoms with Gasteiger partial charge in [0.1, 0.15) is 0 Å². The van der Waals surface area contributed by atoms with Gasteiger partial charge in [0.25, 0.3) is 0 Å². The van der Waals surface area contributed by atoms with Gasteiger partial charge in [0.05, 0.1) is 19.8 Å². The van der Waals surface area contributed by atoms with Crippen molar-refractivity contribution in [2.75, 3.05) is 26.3 Å². The Bertz CT molecular complexity index is 630. The fraction of sp³-hybridized carbons (Fsp3) is 0.588. The number of hydrogen-bond acceptors (Lipinski definition) is 3. The zero-order valence-corrected chi connectivity index (χ0v) is 12.8. The molecule has 1 aromatic carbocycles. The van der Waals surface area contributed by atoms with Crippen molar-refractivity contribution in [3.63, 3.8) is 0 Å². The highest BCUT2D eigenvalue weighted by molar-refractivity contribution is 5.83. The summed E-state index contributed by atoms with van der Waals surface area (Å²) < 4.78 is 37.8. The van der Waals surface area contributed by atoms with Crippen molar-refractivity contribution < 1.29 is 23.0 Å². The zero-order valence-electron chi connectivity index (χ0n) is 12.8. The van der Waals surface area contributed by atoms with Crippen molar-refractivity contribution >= 4 is 5.91 Å². The summed E-state index contributed by atoms with van der Waals surface area (Å²) >= 11 is 0. The monoisotopic (exact) mass is 323 g/mol. The molecule has 2 heterocycles. The number of ether oxygens (including phenoxy) is 2. The molecular formula is C17H19F2NO3. The highest BCUT2D eigenvalue weighted by atomic mass is 19.2. The van der Waals surface area contributed by atoms with Crippen LogP contribution in [-0.4, -0.2) is 42.9 Å². The van der Waals surface area contributed by atoms with Gasteiger partial charge in [-0.15, -0.1) is 0 Å². The van der Waals surface area contributed by atoms with Gasteiger partial charge in [0.2, 0.25) is 5.91 Å². The predicted molar refractivity (Wildman–Crippen MR) is 77.7 cm³/mol. The van der Waals surface area contributed by atoms with Crippen molar-refractivity contribution in [1.82, 2.24) is 4.90 Å². The van der Waals surface area contributed by atoms with Crippen molar-refractivity contribution in [1.29, 1.82) is 0 Å². The molecule has 1 aliphatic carbocycles. The second kappa shape index (κ2) is 5.53. The molecule has 4 nitrogen and oxygen atoms in total. The summed E-state index contributed by atoms with van der Waals surface area (Å²) in [5, 5.41) is 0. The van der Waals surface area contributed by atoms with Crippen LogP contribution in [0.3, 0.4) is 0 Å². The Morgan fingerprint density at radius 1 is 1.22 bits per heavy atom. The van der Waals surface area contributed by atoms with Gasteiger partial charge in [0.15, 0.2) is 17.4 Å². The molecule has 3 aliphatic rings. The maximum atomic E-state index is 13.3. The fourth-order valence-corrected chi connectivity index (χ4v) is 3.72. The van der Waals surface area contributed by atoms with Crippen LogP contribution in [0.2, 0.25) is 0 Å². The van der Waals surface area contributed by atoms with Crippen LogP contribution in [0.5, 0.6) is 0 Å². The lowest BCUT2D eigenvalue weighted by Crippen LogP contribution is -2.51. The molecule has 2 atom stereocenters.